The van der Waals surface area contributed by atoms with Crippen molar-refractivity contribution in [2.45, 2.75) is 19.8 Å². The standard InChI is InChI=1S/C7H11NOS/c1-6-5-7(10-8-6)3-2-4-9/h5,9H,2-4H2,1H3. The number of hydrogen-bond acceptors (Lipinski definition) is 3. The van der Waals surface area contributed by atoms with E-state index in [4.69, 9.17) is 5.11 Å². The van der Waals surface area contributed by atoms with Crippen molar-refractivity contribution in [1.82, 2.24) is 4.37 Å². The second-order valence-electron chi connectivity index (χ2n) is 2.26. The first-order valence-corrected chi connectivity index (χ1v) is 4.13. The zero-order valence-electron chi connectivity index (χ0n) is 6.00. The number of nitrogens with zero attached hydrogens (tertiary/aromatic N) is 1. The van der Waals surface area contributed by atoms with Crippen LogP contribution in [-0.2, 0) is 6.42 Å². The van der Waals surface area contributed by atoms with Crippen molar-refractivity contribution in [2.24, 2.45) is 0 Å². The lowest BCUT2D eigenvalue weighted by Gasteiger charge is -1.89. The molecule has 1 rings (SSSR count). The Morgan fingerprint density at radius 3 is 3.00 bits per heavy atom. The minimum atomic E-state index is 0.275. The average molecular weight is 157 g/mol. The number of rotatable bonds is 3. The van der Waals surface area contributed by atoms with Gasteiger partial charge in [0.2, 0.25) is 0 Å². The maximum Gasteiger partial charge on any atom is 0.0514 e. The topological polar surface area (TPSA) is 33.1 Å². The van der Waals surface area contributed by atoms with Crippen LogP contribution in [0.25, 0.3) is 0 Å². The highest BCUT2D eigenvalue weighted by Gasteiger charge is 1.95. The molecule has 3 heteroatoms. The molecule has 56 valence electrons. The number of aliphatic hydroxyl groups excluding tert-OH is 1. The molecule has 0 aliphatic rings. The van der Waals surface area contributed by atoms with Gasteiger partial charge in [-0.25, -0.2) is 0 Å². The maximum atomic E-state index is 8.52. The smallest absolute Gasteiger partial charge is 0.0514 e. The quantitative estimate of drug-likeness (QED) is 0.719. The SMILES string of the molecule is Cc1cc(CCCO)sn1. The fourth-order valence-corrected chi connectivity index (χ4v) is 1.56. The van der Waals surface area contributed by atoms with Gasteiger partial charge in [-0.1, -0.05) is 0 Å². The van der Waals surface area contributed by atoms with Gasteiger partial charge in [0, 0.05) is 11.5 Å². The minimum absolute atomic E-state index is 0.275. The molecular formula is C7H11NOS. The Morgan fingerprint density at radius 2 is 2.50 bits per heavy atom. The highest BCUT2D eigenvalue weighted by atomic mass is 32.1. The van der Waals surface area contributed by atoms with Crippen LogP contribution >= 0.6 is 11.5 Å². The van der Waals surface area contributed by atoms with E-state index in [1.807, 2.05) is 6.92 Å². The molecule has 0 bridgehead atoms. The van der Waals surface area contributed by atoms with Crippen LogP contribution < -0.4 is 0 Å². The molecule has 1 heterocycles. The first-order valence-electron chi connectivity index (χ1n) is 3.36. The van der Waals surface area contributed by atoms with Gasteiger partial charge >= 0.3 is 0 Å². The van der Waals surface area contributed by atoms with Crippen LogP contribution in [0.15, 0.2) is 6.07 Å². The fourth-order valence-electron chi connectivity index (χ4n) is 0.787. The molecule has 0 aliphatic carbocycles. The van der Waals surface area contributed by atoms with Crippen molar-refractivity contribution < 1.29 is 5.11 Å². The Hall–Kier alpha value is -0.410. The third-order valence-corrected chi connectivity index (χ3v) is 2.19. The van der Waals surface area contributed by atoms with Crippen molar-refractivity contribution in [1.29, 1.82) is 0 Å². The lowest BCUT2D eigenvalue weighted by atomic mass is 10.2. The van der Waals surface area contributed by atoms with Crippen LogP contribution in [0.5, 0.6) is 0 Å². The normalized spacial score (nSPS) is 10.2. The van der Waals surface area contributed by atoms with E-state index in [2.05, 4.69) is 10.4 Å². The Labute approximate surface area is 64.7 Å². The molecule has 0 aliphatic heterocycles. The summed E-state index contributed by atoms with van der Waals surface area (Å²) >= 11 is 1.53. The lowest BCUT2D eigenvalue weighted by Crippen LogP contribution is -1.84. The summed E-state index contributed by atoms with van der Waals surface area (Å²) in [6.07, 6.45) is 1.81. The van der Waals surface area contributed by atoms with Gasteiger partial charge in [-0.3, -0.25) is 0 Å². The summed E-state index contributed by atoms with van der Waals surface area (Å²) in [5, 5.41) is 8.52. The molecule has 0 atom stereocenters. The van der Waals surface area contributed by atoms with E-state index in [-0.39, 0.29) is 6.61 Å². The molecule has 0 radical (unpaired) electrons. The predicted octanol–water partition coefficient (Wildman–Crippen LogP) is 1.38. The number of aromatic nitrogens is 1. The lowest BCUT2D eigenvalue weighted by molar-refractivity contribution is 0.289. The first-order chi connectivity index (χ1) is 4.83. The van der Waals surface area contributed by atoms with Gasteiger partial charge in [-0.2, -0.15) is 4.37 Å². The zero-order chi connectivity index (χ0) is 7.40. The Morgan fingerprint density at radius 1 is 1.70 bits per heavy atom. The number of hydrogen-bond donors (Lipinski definition) is 1. The number of aliphatic hydroxyl groups is 1. The Balaban J connectivity index is 2.42. The molecule has 0 unspecified atom stereocenters. The van der Waals surface area contributed by atoms with Gasteiger partial charge in [0.05, 0.1) is 5.69 Å². The van der Waals surface area contributed by atoms with Gasteiger partial charge in [0.1, 0.15) is 0 Å². The van der Waals surface area contributed by atoms with Crippen molar-refractivity contribution in [3.05, 3.63) is 16.6 Å². The van der Waals surface area contributed by atoms with E-state index in [1.54, 1.807) is 0 Å². The molecule has 0 saturated carbocycles. The summed E-state index contributed by atoms with van der Waals surface area (Å²) in [6, 6.07) is 2.07. The third kappa shape index (κ3) is 2.08. The molecular weight excluding hydrogens is 146 g/mol. The minimum Gasteiger partial charge on any atom is -0.396 e. The van der Waals surface area contributed by atoms with Crippen molar-refractivity contribution in [3.63, 3.8) is 0 Å². The van der Waals surface area contributed by atoms with Gasteiger partial charge in [0.25, 0.3) is 0 Å². The molecule has 0 fully saturated rings. The number of aryl methyl sites for hydroxylation is 2. The van der Waals surface area contributed by atoms with Gasteiger partial charge in [-0.05, 0) is 37.4 Å². The van der Waals surface area contributed by atoms with Crippen LogP contribution in [0.3, 0.4) is 0 Å². The summed E-state index contributed by atoms with van der Waals surface area (Å²) in [7, 11) is 0. The van der Waals surface area contributed by atoms with Crippen molar-refractivity contribution in [2.75, 3.05) is 6.61 Å². The average Bonchev–Trinajstić information content (AvgIpc) is 2.31. The van der Waals surface area contributed by atoms with Crippen molar-refractivity contribution in [3.8, 4) is 0 Å². The maximum absolute atomic E-state index is 8.52. The molecule has 1 aromatic heterocycles. The van der Waals surface area contributed by atoms with Crippen LogP contribution in [0.1, 0.15) is 17.0 Å². The molecule has 0 amide bonds. The van der Waals surface area contributed by atoms with Gasteiger partial charge < -0.3 is 5.11 Å². The van der Waals surface area contributed by atoms with Crippen LogP contribution in [0, 0.1) is 6.92 Å². The third-order valence-electron chi connectivity index (χ3n) is 1.26. The largest absolute Gasteiger partial charge is 0.396 e. The van der Waals surface area contributed by atoms with Crippen LogP contribution in [-0.4, -0.2) is 16.1 Å². The van der Waals surface area contributed by atoms with E-state index in [0.29, 0.717) is 0 Å². The molecule has 0 spiro atoms. The highest BCUT2D eigenvalue weighted by Crippen LogP contribution is 2.10. The molecule has 0 saturated heterocycles. The molecule has 10 heavy (non-hydrogen) atoms. The van der Waals surface area contributed by atoms with Crippen molar-refractivity contribution >= 4 is 11.5 Å². The summed E-state index contributed by atoms with van der Waals surface area (Å²) in [5.41, 5.74) is 1.08. The van der Waals surface area contributed by atoms with E-state index >= 15 is 0 Å². The zero-order valence-corrected chi connectivity index (χ0v) is 6.82. The highest BCUT2D eigenvalue weighted by molar-refractivity contribution is 7.05. The van der Waals surface area contributed by atoms with Gasteiger partial charge in [-0.15, -0.1) is 0 Å². The molecule has 0 aromatic carbocycles. The Kier molecular flexibility index (Phi) is 2.83. The van der Waals surface area contributed by atoms with E-state index in [9.17, 15) is 0 Å². The fraction of sp³-hybridized carbons (Fsp3) is 0.571. The second-order valence-corrected chi connectivity index (χ2v) is 3.15. The van der Waals surface area contributed by atoms with E-state index in [1.165, 1.54) is 16.4 Å². The monoisotopic (exact) mass is 157 g/mol. The summed E-state index contributed by atoms with van der Waals surface area (Å²) in [5.74, 6) is 0. The summed E-state index contributed by atoms with van der Waals surface area (Å²) < 4.78 is 4.13. The Bertz CT molecular complexity index is 197. The van der Waals surface area contributed by atoms with Gasteiger partial charge in [0.15, 0.2) is 0 Å². The molecule has 1 aromatic rings. The van der Waals surface area contributed by atoms with E-state index < -0.39 is 0 Å². The van der Waals surface area contributed by atoms with Crippen LogP contribution in [0.4, 0.5) is 0 Å². The predicted molar refractivity (Wildman–Crippen MR) is 42.3 cm³/mol. The summed E-state index contributed by atoms with van der Waals surface area (Å²) in [4.78, 5) is 1.27. The first kappa shape index (κ1) is 7.69. The summed E-state index contributed by atoms with van der Waals surface area (Å²) in [6.45, 7) is 2.26. The molecule has 2 nitrogen and oxygen atoms in total. The van der Waals surface area contributed by atoms with E-state index in [0.717, 1.165) is 18.5 Å². The second kappa shape index (κ2) is 3.68. The van der Waals surface area contributed by atoms with Crippen LogP contribution in [0.2, 0.25) is 0 Å². The molecule has 1 N–H and O–H groups in total.